The highest BCUT2D eigenvalue weighted by Gasteiger charge is 2.51. The molecule has 0 amide bonds. The quantitative estimate of drug-likeness (QED) is 0.178. The predicted molar refractivity (Wildman–Crippen MR) is 227 cm³/mol. The van der Waals surface area contributed by atoms with Gasteiger partial charge in [-0.25, -0.2) is 9.97 Å². The van der Waals surface area contributed by atoms with Gasteiger partial charge in [-0.05, 0) is 74.8 Å². The number of rotatable bonds is 5. The van der Waals surface area contributed by atoms with Crippen molar-refractivity contribution in [1.29, 1.82) is 0 Å². The molecular weight excluding hydrogens is 681 g/mol. The van der Waals surface area contributed by atoms with Crippen molar-refractivity contribution < 1.29 is 4.74 Å². The number of nitrogens with zero attached hydrogens (tertiary/aromatic N) is 2. The molecule has 8 aromatic carbocycles. The summed E-state index contributed by atoms with van der Waals surface area (Å²) in [6.45, 7) is 0. The molecule has 1 spiro atoms. The van der Waals surface area contributed by atoms with E-state index in [-0.39, 0.29) is 0 Å². The summed E-state index contributed by atoms with van der Waals surface area (Å²) in [5, 5.41) is 0. The Morgan fingerprint density at radius 1 is 0.304 bits per heavy atom. The molecule has 0 radical (unpaired) electrons. The Hall–Kier alpha value is -7.36. The number of hydrogen-bond donors (Lipinski definition) is 0. The molecule has 0 atom stereocenters. The van der Waals surface area contributed by atoms with E-state index in [1.807, 2.05) is 12.1 Å². The Morgan fingerprint density at radius 2 is 0.714 bits per heavy atom. The molecule has 0 fully saturated rings. The van der Waals surface area contributed by atoms with Gasteiger partial charge in [0.05, 0.1) is 16.8 Å². The van der Waals surface area contributed by atoms with E-state index in [4.69, 9.17) is 14.7 Å². The minimum Gasteiger partial charge on any atom is -0.457 e. The van der Waals surface area contributed by atoms with Gasteiger partial charge in [0, 0.05) is 27.8 Å². The van der Waals surface area contributed by atoms with Gasteiger partial charge in [-0.1, -0.05) is 176 Å². The van der Waals surface area contributed by atoms with Gasteiger partial charge in [0.15, 0.2) is 5.82 Å². The van der Waals surface area contributed by atoms with Crippen LogP contribution < -0.4 is 4.74 Å². The fourth-order valence-electron chi connectivity index (χ4n) is 8.80. The molecular formula is C53H34N2O. The second-order valence-electron chi connectivity index (χ2n) is 14.5. The highest BCUT2D eigenvalue weighted by molar-refractivity contribution is 5.89. The molecule has 0 unspecified atom stereocenters. The summed E-state index contributed by atoms with van der Waals surface area (Å²) in [5.41, 5.74) is 16.0. The molecule has 56 heavy (non-hydrogen) atoms. The van der Waals surface area contributed by atoms with Crippen molar-refractivity contribution >= 4 is 0 Å². The van der Waals surface area contributed by atoms with E-state index in [0.29, 0.717) is 5.82 Å². The van der Waals surface area contributed by atoms with Crippen molar-refractivity contribution in [1.82, 2.24) is 9.97 Å². The summed E-state index contributed by atoms with van der Waals surface area (Å²) in [5.74, 6) is 2.37. The van der Waals surface area contributed by atoms with E-state index in [9.17, 15) is 0 Å². The molecule has 3 heteroatoms. The maximum atomic E-state index is 6.73. The maximum Gasteiger partial charge on any atom is 0.160 e. The van der Waals surface area contributed by atoms with Crippen LogP contribution in [-0.2, 0) is 5.41 Å². The average Bonchev–Trinajstić information content (AvgIpc) is 3.57. The van der Waals surface area contributed by atoms with E-state index in [1.165, 1.54) is 33.4 Å². The molecule has 0 saturated heterocycles. The van der Waals surface area contributed by atoms with Crippen molar-refractivity contribution in [2.75, 3.05) is 0 Å². The van der Waals surface area contributed by atoms with Crippen LogP contribution in [0.5, 0.6) is 11.5 Å². The van der Waals surface area contributed by atoms with E-state index >= 15 is 0 Å². The summed E-state index contributed by atoms with van der Waals surface area (Å²) in [4.78, 5) is 10.6. The number of hydrogen-bond acceptors (Lipinski definition) is 3. The van der Waals surface area contributed by atoms with Gasteiger partial charge in [0.1, 0.15) is 11.5 Å². The average molecular weight is 715 g/mol. The minimum absolute atomic E-state index is 0.575. The molecule has 1 aliphatic carbocycles. The van der Waals surface area contributed by atoms with Gasteiger partial charge in [-0.15, -0.1) is 0 Å². The third-order valence-electron chi connectivity index (χ3n) is 11.4. The zero-order valence-corrected chi connectivity index (χ0v) is 30.4. The fourth-order valence-corrected chi connectivity index (χ4v) is 8.80. The summed E-state index contributed by atoms with van der Waals surface area (Å²) in [7, 11) is 0. The van der Waals surface area contributed by atoms with Crippen LogP contribution in [0.2, 0.25) is 0 Å². The van der Waals surface area contributed by atoms with Crippen LogP contribution in [0.3, 0.4) is 0 Å². The SMILES string of the molecule is c1ccc(-c2ccc(-c3cc(-c4ccc(-c5ccccc5)cc4)nc(-c4ccc5c(c4)C4(c6ccccc6O5)c5ccccc5-c5ccccc54)n3)cc2)cc1. The molecule has 262 valence electrons. The monoisotopic (exact) mass is 714 g/mol. The number of ether oxygens (including phenoxy) is 1. The van der Waals surface area contributed by atoms with Gasteiger partial charge < -0.3 is 4.74 Å². The Labute approximate surface area is 326 Å². The van der Waals surface area contributed by atoms with Crippen LogP contribution in [-0.4, -0.2) is 9.97 Å². The topological polar surface area (TPSA) is 35.0 Å². The smallest absolute Gasteiger partial charge is 0.160 e. The summed E-state index contributed by atoms with van der Waals surface area (Å²) < 4.78 is 6.73. The maximum absolute atomic E-state index is 6.73. The van der Waals surface area contributed by atoms with E-state index in [0.717, 1.165) is 61.8 Å². The molecule has 11 rings (SSSR count). The normalized spacial score (nSPS) is 12.9. The van der Waals surface area contributed by atoms with Crippen molar-refractivity contribution in [3.63, 3.8) is 0 Å². The van der Waals surface area contributed by atoms with Crippen LogP contribution in [0, 0.1) is 0 Å². The van der Waals surface area contributed by atoms with Crippen LogP contribution in [0.1, 0.15) is 22.3 Å². The second kappa shape index (κ2) is 12.9. The van der Waals surface area contributed by atoms with E-state index in [2.05, 4.69) is 194 Å². The van der Waals surface area contributed by atoms with Gasteiger partial charge in [0.2, 0.25) is 0 Å². The first-order valence-corrected chi connectivity index (χ1v) is 19.1. The number of fused-ring (bicyclic) bond motifs is 9. The van der Waals surface area contributed by atoms with Crippen molar-refractivity contribution in [3.8, 4) is 78.8 Å². The zero-order valence-electron chi connectivity index (χ0n) is 30.4. The lowest BCUT2D eigenvalue weighted by Gasteiger charge is -2.39. The Balaban J connectivity index is 1.10. The van der Waals surface area contributed by atoms with Crippen molar-refractivity contribution in [3.05, 3.63) is 229 Å². The Morgan fingerprint density at radius 3 is 1.27 bits per heavy atom. The standard InChI is InChI=1S/C53H34N2O/c1-3-13-35(14-4-1)37-23-27-39(28-24-37)48-34-49(40-29-25-38(26-30-40)36-15-5-2-6-16-36)55-52(54-48)41-31-32-51-47(33-41)53(46-21-11-12-22-50(46)56-51)44-19-9-7-17-42(44)43-18-8-10-20-45(43)53/h1-34H. The summed E-state index contributed by atoms with van der Waals surface area (Å²) >= 11 is 0. The van der Waals surface area contributed by atoms with Crippen LogP contribution in [0.15, 0.2) is 206 Å². The van der Waals surface area contributed by atoms with Crippen LogP contribution in [0.25, 0.3) is 67.3 Å². The van der Waals surface area contributed by atoms with Crippen LogP contribution in [0.4, 0.5) is 0 Å². The van der Waals surface area contributed by atoms with Crippen LogP contribution >= 0.6 is 0 Å². The number of para-hydroxylation sites is 1. The lowest BCUT2D eigenvalue weighted by atomic mass is 9.66. The summed E-state index contributed by atoms with van der Waals surface area (Å²) in [6, 6.07) is 73.0. The highest BCUT2D eigenvalue weighted by Crippen LogP contribution is 2.62. The first kappa shape index (κ1) is 32.1. The molecule has 2 heterocycles. The van der Waals surface area contributed by atoms with E-state index in [1.54, 1.807) is 0 Å². The molecule has 1 aromatic heterocycles. The molecule has 3 nitrogen and oxygen atoms in total. The minimum atomic E-state index is -0.575. The van der Waals surface area contributed by atoms with Gasteiger partial charge in [-0.2, -0.15) is 0 Å². The van der Waals surface area contributed by atoms with Gasteiger partial charge in [-0.3, -0.25) is 0 Å². The van der Waals surface area contributed by atoms with E-state index < -0.39 is 5.41 Å². The predicted octanol–water partition coefficient (Wildman–Crippen LogP) is 13.3. The molecule has 0 saturated carbocycles. The Bertz CT molecular complexity index is 2770. The second-order valence-corrected chi connectivity index (χ2v) is 14.5. The van der Waals surface area contributed by atoms with Crippen molar-refractivity contribution in [2.45, 2.75) is 5.41 Å². The molecule has 2 aliphatic rings. The highest BCUT2D eigenvalue weighted by atomic mass is 16.5. The summed E-state index contributed by atoms with van der Waals surface area (Å²) in [6.07, 6.45) is 0. The lowest BCUT2D eigenvalue weighted by molar-refractivity contribution is 0.436. The first-order chi connectivity index (χ1) is 27.7. The largest absolute Gasteiger partial charge is 0.457 e. The zero-order chi connectivity index (χ0) is 37.1. The first-order valence-electron chi connectivity index (χ1n) is 19.1. The lowest BCUT2D eigenvalue weighted by Crippen LogP contribution is -2.32. The number of benzene rings is 8. The Kier molecular flexibility index (Phi) is 7.39. The molecule has 1 aliphatic heterocycles. The number of aromatic nitrogens is 2. The molecule has 0 N–H and O–H groups in total. The molecule has 0 bridgehead atoms. The third-order valence-corrected chi connectivity index (χ3v) is 11.4. The fraction of sp³-hybridized carbons (Fsp3) is 0.0189. The molecule has 9 aromatic rings. The van der Waals surface area contributed by atoms with Gasteiger partial charge >= 0.3 is 0 Å². The van der Waals surface area contributed by atoms with Gasteiger partial charge in [0.25, 0.3) is 0 Å². The van der Waals surface area contributed by atoms with Crippen molar-refractivity contribution in [2.24, 2.45) is 0 Å². The third kappa shape index (κ3) is 5.05.